The lowest BCUT2D eigenvalue weighted by molar-refractivity contribution is 0.0845. The maximum atomic E-state index is 12.2. The van der Waals surface area contributed by atoms with Crippen LogP contribution in [-0.2, 0) is 0 Å². The molecule has 0 bridgehead atoms. The molecule has 3 rings (SSSR count). The van der Waals surface area contributed by atoms with Crippen molar-refractivity contribution >= 4 is 5.91 Å². The Morgan fingerprint density at radius 3 is 2.96 bits per heavy atom. The van der Waals surface area contributed by atoms with Crippen LogP contribution in [0.2, 0.25) is 0 Å². The van der Waals surface area contributed by atoms with Crippen LogP contribution in [-0.4, -0.2) is 53.4 Å². The molecule has 0 radical (unpaired) electrons. The van der Waals surface area contributed by atoms with Crippen LogP contribution in [0.4, 0.5) is 0 Å². The van der Waals surface area contributed by atoms with E-state index in [1.807, 2.05) is 30.3 Å². The van der Waals surface area contributed by atoms with Crippen molar-refractivity contribution in [3.05, 3.63) is 42.1 Å². The van der Waals surface area contributed by atoms with Crippen LogP contribution in [0.25, 0.3) is 11.3 Å². The Hall–Kier alpha value is -2.18. The van der Waals surface area contributed by atoms with Crippen molar-refractivity contribution < 1.29 is 14.4 Å². The summed E-state index contributed by atoms with van der Waals surface area (Å²) in [5.41, 5.74) is 1.18. The third-order valence-electron chi connectivity index (χ3n) is 4.45. The van der Waals surface area contributed by atoms with Gasteiger partial charge in [-0.3, -0.25) is 9.69 Å². The number of hydrogen-bond acceptors (Lipinski definition) is 5. The molecule has 1 aromatic heterocycles. The monoisotopic (exact) mass is 329 g/mol. The minimum absolute atomic E-state index is 0.178. The second kappa shape index (κ2) is 8.08. The van der Waals surface area contributed by atoms with E-state index in [4.69, 9.17) is 4.52 Å². The number of carbonyl (C=O) groups excluding carboxylic acids is 1. The van der Waals surface area contributed by atoms with Crippen LogP contribution in [0.3, 0.4) is 0 Å². The molecular weight excluding hydrogens is 306 g/mol. The Balaban J connectivity index is 1.51. The molecule has 2 heterocycles. The first-order valence-electron chi connectivity index (χ1n) is 8.43. The normalized spacial score (nSPS) is 18.5. The first-order valence-corrected chi connectivity index (χ1v) is 8.43. The highest BCUT2D eigenvalue weighted by atomic mass is 16.5. The maximum Gasteiger partial charge on any atom is 0.273 e. The lowest BCUT2D eigenvalue weighted by atomic mass is 10.0. The van der Waals surface area contributed by atoms with Crippen LogP contribution in [0, 0.1) is 0 Å². The molecule has 0 unspecified atom stereocenters. The van der Waals surface area contributed by atoms with E-state index in [0.717, 1.165) is 37.9 Å². The second-order valence-corrected chi connectivity index (χ2v) is 6.07. The predicted molar refractivity (Wildman–Crippen MR) is 90.6 cm³/mol. The minimum atomic E-state index is -0.238. The van der Waals surface area contributed by atoms with E-state index in [-0.39, 0.29) is 24.2 Å². The SMILES string of the molecule is O=C(NCCN1CCCC[C@H]1CO)c1cc(-c2ccccc2)on1. The van der Waals surface area contributed by atoms with Crippen molar-refractivity contribution in [1.29, 1.82) is 0 Å². The van der Waals surface area contributed by atoms with E-state index in [2.05, 4.69) is 15.4 Å². The van der Waals surface area contributed by atoms with Crippen LogP contribution in [0.15, 0.2) is 40.9 Å². The van der Waals surface area contributed by atoms with Gasteiger partial charge in [0, 0.05) is 30.8 Å². The second-order valence-electron chi connectivity index (χ2n) is 6.07. The lowest BCUT2D eigenvalue weighted by Crippen LogP contribution is -2.45. The highest BCUT2D eigenvalue weighted by molar-refractivity contribution is 5.93. The fourth-order valence-corrected chi connectivity index (χ4v) is 3.09. The molecule has 128 valence electrons. The number of hydrogen-bond donors (Lipinski definition) is 2. The number of aliphatic hydroxyl groups excluding tert-OH is 1. The van der Waals surface area contributed by atoms with Gasteiger partial charge in [-0.2, -0.15) is 0 Å². The number of aromatic nitrogens is 1. The molecule has 1 aliphatic rings. The number of aliphatic hydroxyl groups is 1. The molecule has 1 aliphatic heterocycles. The van der Waals surface area contributed by atoms with Crippen molar-refractivity contribution in [2.75, 3.05) is 26.2 Å². The zero-order valence-electron chi connectivity index (χ0n) is 13.6. The summed E-state index contributed by atoms with van der Waals surface area (Å²) in [6, 6.07) is 11.4. The number of carbonyl (C=O) groups is 1. The third kappa shape index (κ3) is 4.01. The van der Waals surface area contributed by atoms with Gasteiger partial charge in [0.15, 0.2) is 11.5 Å². The molecule has 0 spiro atoms. The Morgan fingerprint density at radius 1 is 1.33 bits per heavy atom. The molecular formula is C18H23N3O3. The predicted octanol–water partition coefficient (Wildman–Crippen LogP) is 1.92. The van der Waals surface area contributed by atoms with Gasteiger partial charge in [-0.1, -0.05) is 41.9 Å². The van der Waals surface area contributed by atoms with Gasteiger partial charge in [0.05, 0.1) is 6.61 Å². The minimum Gasteiger partial charge on any atom is -0.395 e. The number of likely N-dealkylation sites (tertiary alicyclic amines) is 1. The van der Waals surface area contributed by atoms with Crippen molar-refractivity contribution in [3.8, 4) is 11.3 Å². The Bertz CT molecular complexity index is 657. The highest BCUT2D eigenvalue weighted by Gasteiger charge is 2.21. The number of rotatable bonds is 6. The number of nitrogens with zero attached hydrogens (tertiary/aromatic N) is 2. The lowest BCUT2D eigenvalue weighted by Gasteiger charge is -2.34. The molecule has 1 atom stereocenters. The number of nitrogens with one attached hydrogen (secondary N) is 1. The van der Waals surface area contributed by atoms with Gasteiger partial charge in [0.1, 0.15) is 0 Å². The molecule has 6 heteroatoms. The van der Waals surface area contributed by atoms with E-state index in [1.165, 1.54) is 0 Å². The van der Waals surface area contributed by atoms with Gasteiger partial charge >= 0.3 is 0 Å². The Kier molecular flexibility index (Phi) is 5.61. The van der Waals surface area contributed by atoms with E-state index < -0.39 is 0 Å². The summed E-state index contributed by atoms with van der Waals surface area (Å²) in [4.78, 5) is 14.4. The molecule has 0 saturated carbocycles. The van der Waals surface area contributed by atoms with Crippen molar-refractivity contribution in [3.63, 3.8) is 0 Å². The quantitative estimate of drug-likeness (QED) is 0.846. The first kappa shape index (κ1) is 16.7. The summed E-state index contributed by atoms with van der Waals surface area (Å²) in [6.07, 6.45) is 3.33. The average molecular weight is 329 g/mol. The Labute approximate surface area is 141 Å². The van der Waals surface area contributed by atoms with Crippen molar-refractivity contribution in [1.82, 2.24) is 15.4 Å². The summed E-state index contributed by atoms with van der Waals surface area (Å²) in [5, 5.41) is 16.1. The molecule has 6 nitrogen and oxygen atoms in total. The van der Waals surface area contributed by atoms with E-state index >= 15 is 0 Å². The van der Waals surface area contributed by atoms with Crippen LogP contribution in [0.1, 0.15) is 29.8 Å². The fraction of sp³-hybridized carbons (Fsp3) is 0.444. The average Bonchev–Trinajstić information content (AvgIpc) is 3.13. The van der Waals surface area contributed by atoms with Gasteiger partial charge in [-0.25, -0.2) is 0 Å². The third-order valence-corrected chi connectivity index (χ3v) is 4.45. The summed E-state index contributed by atoms with van der Waals surface area (Å²) in [6.45, 7) is 2.42. The van der Waals surface area contributed by atoms with E-state index in [9.17, 15) is 9.90 Å². The standard InChI is InChI=1S/C18H23N3O3/c22-13-15-8-4-5-10-21(15)11-9-19-18(23)16-12-17(24-20-16)14-6-2-1-3-7-14/h1-3,6-7,12,15,22H,4-5,8-11,13H2,(H,19,23)/t15-/m0/s1. The van der Waals surface area contributed by atoms with Gasteiger partial charge in [0.25, 0.3) is 5.91 Å². The number of benzene rings is 1. The zero-order valence-corrected chi connectivity index (χ0v) is 13.6. The molecule has 1 fully saturated rings. The van der Waals surface area contributed by atoms with Gasteiger partial charge in [0.2, 0.25) is 0 Å². The summed E-state index contributed by atoms with van der Waals surface area (Å²) in [5.74, 6) is 0.343. The maximum absolute atomic E-state index is 12.2. The number of amides is 1. The fourth-order valence-electron chi connectivity index (χ4n) is 3.09. The van der Waals surface area contributed by atoms with Gasteiger partial charge < -0.3 is 14.9 Å². The van der Waals surface area contributed by atoms with Crippen molar-refractivity contribution in [2.45, 2.75) is 25.3 Å². The van der Waals surface area contributed by atoms with Gasteiger partial charge in [-0.15, -0.1) is 0 Å². The van der Waals surface area contributed by atoms with Crippen molar-refractivity contribution in [2.24, 2.45) is 0 Å². The number of piperidine rings is 1. The highest BCUT2D eigenvalue weighted by Crippen LogP contribution is 2.19. The molecule has 1 amide bonds. The van der Waals surface area contributed by atoms with Crippen LogP contribution < -0.4 is 5.32 Å². The zero-order chi connectivity index (χ0) is 16.8. The van der Waals surface area contributed by atoms with E-state index in [0.29, 0.717) is 12.3 Å². The topological polar surface area (TPSA) is 78.6 Å². The first-order chi connectivity index (χ1) is 11.8. The molecule has 2 N–H and O–H groups in total. The summed E-state index contributed by atoms with van der Waals surface area (Å²) < 4.78 is 5.25. The smallest absolute Gasteiger partial charge is 0.273 e. The van der Waals surface area contributed by atoms with Gasteiger partial charge in [-0.05, 0) is 19.4 Å². The molecule has 2 aromatic rings. The van der Waals surface area contributed by atoms with Crippen LogP contribution in [0.5, 0.6) is 0 Å². The van der Waals surface area contributed by atoms with E-state index in [1.54, 1.807) is 6.07 Å². The Morgan fingerprint density at radius 2 is 2.17 bits per heavy atom. The molecule has 0 aliphatic carbocycles. The summed E-state index contributed by atoms with van der Waals surface area (Å²) >= 11 is 0. The largest absolute Gasteiger partial charge is 0.395 e. The molecule has 1 aromatic carbocycles. The molecule has 1 saturated heterocycles. The summed E-state index contributed by atoms with van der Waals surface area (Å²) in [7, 11) is 0. The van der Waals surface area contributed by atoms with Crippen LogP contribution >= 0.6 is 0 Å². The molecule has 24 heavy (non-hydrogen) atoms.